The van der Waals surface area contributed by atoms with Gasteiger partial charge in [0, 0.05) is 24.0 Å². The monoisotopic (exact) mass is 295 g/mol. The summed E-state index contributed by atoms with van der Waals surface area (Å²) < 4.78 is 39.0. The lowest BCUT2D eigenvalue weighted by Gasteiger charge is -2.25. The maximum atomic E-state index is 13.1. The number of benzene rings is 1. The number of nitrogens with zero attached hydrogens (tertiary/aromatic N) is 1. The van der Waals surface area contributed by atoms with Gasteiger partial charge in [-0.15, -0.1) is 0 Å². The van der Waals surface area contributed by atoms with Crippen LogP contribution in [0.3, 0.4) is 0 Å². The minimum Gasteiger partial charge on any atom is -0.343 e. The van der Waals surface area contributed by atoms with Gasteiger partial charge in [0.15, 0.2) is 23.7 Å². The normalized spacial score (nSPS) is 13.5. The quantitative estimate of drug-likeness (QED) is 0.618. The first-order valence-corrected chi connectivity index (χ1v) is 6.46. The Morgan fingerprint density at radius 3 is 2.29 bits per heavy atom. The zero-order chi connectivity index (χ0) is 16.0. The van der Waals surface area contributed by atoms with Crippen molar-refractivity contribution in [3.05, 3.63) is 71.3 Å². The standard InChI is InChI=1S/C14H10F3NO.C2H6/c1-9-11(8-19)3-2-4-18(9)7-10-5-12(15)14(17)13(16)6-10;1-2/h2-6,8H,1,7H2;1-2H3. The van der Waals surface area contributed by atoms with Gasteiger partial charge in [-0.05, 0) is 29.8 Å². The highest BCUT2D eigenvalue weighted by Crippen LogP contribution is 2.21. The second kappa shape index (κ2) is 7.47. The molecule has 1 aromatic carbocycles. The van der Waals surface area contributed by atoms with Crippen LogP contribution >= 0.6 is 0 Å². The van der Waals surface area contributed by atoms with Crippen molar-refractivity contribution in [3.63, 3.8) is 0 Å². The Labute approximate surface area is 121 Å². The van der Waals surface area contributed by atoms with Gasteiger partial charge in [-0.25, -0.2) is 13.2 Å². The molecule has 0 aliphatic carbocycles. The second-order valence-electron chi connectivity index (χ2n) is 4.03. The number of hydrogen-bond acceptors (Lipinski definition) is 2. The van der Waals surface area contributed by atoms with Crippen LogP contribution in [0, 0.1) is 17.5 Å². The summed E-state index contributed by atoms with van der Waals surface area (Å²) in [5, 5.41) is 0. The molecule has 0 fully saturated rings. The van der Waals surface area contributed by atoms with Gasteiger partial charge in [0.1, 0.15) is 0 Å². The third-order valence-electron chi connectivity index (χ3n) is 2.75. The van der Waals surface area contributed by atoms with Gasteiger partial charge in [0.25, 0.3) is 0 Å². The summed E-state index contributed by atoms with van der Waals surface area (Å²) in [4.78, 5) is 12.3. The number of rotatable bonds is 3. The van der Waals surface area contributed by atoms with Crippen molar-refractivity contribution >= 4 is 6.29 Å². The molecular weight excluding hydrogens is 279 g/mol. The maximum Gasteiger partial charge on any atom is 0.194 e. The van der Waals surface area contributed by atoms with Gasteiger partial charge in [0.05, 0.1) is 0 Å². The molecule has 0 atom stereocenters. The Morgan fingerprint density at radius 1 is 1.19 bits per heavy atom. The van der Waals surface area contributed by atoms with E-state index in [-0.39, 0.29) is 12.1 Å². The molecule has 0 amide bonds. The lowest BCUT2D eigenvalue weighted by Crippen LogP contribution is -2.19. The van der Waals surface area contributed by atoms with Crippen molar-refractivity contribution in [2.24, 2.45) is 0 Å². The Morgan fingerprint density at radius 2 is 1.76 bits per heavy atom. The van der Waals surface area contributed by atoms with E-state index >= 15 is 0 Å². The molecule has 0 bridgehead atoms. The van der Waals surface area contributed by atoms with Crippen LogP contribution in [0.1, 0.15) is 19.4 Å². The highest BCUT2D eigenvalue weighted by molar-refractivity contribution is 5.80. The van der Waals surface area contributed by atoms with Crippen molar-refractivity contribution in [1.82, 2.24) is 4.90 Å². The molecule has 1 aromatic rings. The predicted octanol–water partition coefficient (Wildman–Crippen LogP) is 4.10. The Hall–Kier alpha value is -2.30. The lowest BCUT2D eigenvalue weighted by molar-refractivity contribution is -0.104. The number of hydrogen-bond donors (Lipinski definition) is 0. The zero-order valence-corrected chi connectivity index (χ0v) is 11.9. The fourth-order valence-electron chi connectivity index (χ4n) is 1.75. The van der Waals surface area contributed by atoms with Gasteiger partial charge in [-0.1, -0.05) is 20.4 Å². The van der Waals surface area contributed by atoms with Crippen molar-refractivity contribution in [3.8, 4) is 0 Å². The van der Waals surface area contributed by atoms with E-state index in [0.29, 0.717) is 17.6 Å². The van der Waals surface area contributed by atoms with E-state index in [4.69, 9.17) is 0 Å². The summed E-state index contributed by atoms with van der Waals surface area (Å²) in [7, 11) is 0. The molecule has 0 radical (unpaired) electrons. The fraction of sp³-hybridized carbons (Fsp3) is 0.188. The molecule has 0 saturated carbocycles. The Bertz CT molecular complexity index is 583. The van der Waals surface area contributed by atoms with Gasteiger partial charge in [-0.3, -0.25) is 4.79 Å². The molecule has 0 aromatic heterocycles. The van der Waals surface area contributed by atoms with E-state index in [2.05, 4.69) is 6.58 Å². The summed E-state index contributed by atoms with van der Waals surface area (Å²) in [6.07, 6.45) is 5.46. The number of halogens is 3. The first kappa shape index (κ1) is 16.8. The maximum absolute atomic E-state index is 13.1. The summed E-state index contributed by atoms with van der Waals surface area (Å²) >= 11 is 0. The Balaban J connectivity index is 0.00000106. The van der Waals surface area contributed by atoms with Crippen LogP contribution in [0.15, 0.2) is 48.3 Å². The van der Waals surface area contributed by atoms with Crippen molar-refractivity contribution in [2.45, 2.75) is 20.4 Å². The largest absolute Gasteiger partial charge is 0.343 e. The summed E-state index contributed by atoms with van der Waals surface area (Å²) in [6, 6.07) is 1.83. The summed E-state index contributed by atoms with van der Waals surface area (Å²) in [5.41, 5.74) is 1.04. The minimum atomic E-state index is -1.50. The van der Waals surface area contributed by atoms with E-state index in [0.717, 1.165) is 12.1 Å². The molecule has 21 heavy (non-hydrogen) atoms. The van der Waals surface area contributed by atoms with E-state index in [1.165, 1.54) is 0 Å². The molecule has 0 spiro atoms. The highest BCUT2D eigenvalue weighted by Gasteiger charge is 2.15. The van der Waals surface area contributed by atoms with Gasteiger partial charge >= 0.3 is 0 Å². The van der Waals surface area contributed by atoms with E-state index in [1.54, 1.807) is 23.3 Å². The third-order valence-corrected chi connectivity index (χ3v) is 2.75. The van der Waals surface area contributed by atoms with Gasteiger partial charge < -0.3 is 4.90 Å². The van der Waals surface area contributed by atoms with Gasteiger partial charge in [-0.2, -0.15) is 0 Å². The number of aldehydes is 1. The van der Waals surface area contributed by atoms with Crippen molar-refractivity contribution in [2.75, 3.05) is 0 Å². The molecule has 112 valence electrons. The van der Waals surface area contributed by atoms with E-state index in [1.807, 2.05) is 13.8 Å². The molecule has 2 nitrogen and oxygen atoms in total. The first-order valence-electron chi connectivity index (χ1n) is 6.46. The van der Waals surface area contributed by atoms with Gasteiger partial charge in [0.2, 0.25) is 0 Å². The number of carbonyl (C=O) groups is 1. The minimum absolute atomic E-state index is 0.0919. The van der Waals surface area contributed by atoms with Crippen molar-refractivity contribution in [1.29, 1.82) is 0 Å². The van der Waals surface area contributed by atoms with Crippen LogP contribution in [0.2, 0.25) is 0 Å². The molecule has 1 aliphatic rings. The Kier molecular flexibility index (Phi) is 5.96. The van der Waals surface area contributed by atoms with Crippen LogP contribution < -0.4 is 0 Å². The molecule has 0 unspecified atom stereocenters. The summed E-state index contributed by atoms with van der Waals surface area (Å²) in [5.74, 6) is -3.98. The van der Waals surface area contributed by atoms with Crippen LogP contribution in [0.25, 0.3) is 0 Å². The van der Waals surface area contributed by atoms with Crippen LogP contribution in [-0.4, -0.2) is 11.2 Å². The topological polar surface area (TPSA) is 20.3 Å². The lowest BCUT2D eigenvalue weighted by atomic mass is 10.1. The number of carbonyl (C=O) groups excluding carboxylic acids is 1. The van der Waals surface area contributed by atoms with Crippen LogP contribution in [0.4, 0.5) is 13.2 Å². The summed E-state index contributed by atoms with van der Waals surface area (Å²) in [6.45, 7) is 7.81. The molecule has 0 saturated heterocycles. The molecule has 1 heterocycles. The average Bonchev–Trinajstić information content (AvgIpc) is 2.49. The van der Waals surface area contributed by atoms with E-state index in [9.17, 15) is 18.0 Å². The molecule has 1 aliphatic heterocycles. The molecule has 5 heteroatoms. The third kappa shape index (κ3) is 3.84. The second-order valence-corrected chi connectivity index (χ2v) is 4.03. The van der Waals surface area contributed by atoms with Crippen LogP contribution in [-0.2, 0) is 11.3 Å². The predicted molar refractivity (Wildman–Crippen MR) is 75.6 cm³/mol. The first-order chi connectivity index (χ1) is 10.0. The smallest absolute Gasteiger partial charge is 0.194 e. The fourth-order valence-corrected chi connectivity index (χ4v) is 1.75. The average molecular weight is 295 g/mol. The molecule has 2 rings (SSSR count). The molecule has 0 N–H and O–H groups in total. The zero-order valence-electron chi connectivity index (χ0n) is 11.9. The van der Waals surface area contributed by atoms with Crippen molar-refractivity contribution < 1.29 is 18.0 Å². The number of allylic oxidation sites excluding steroid dienone is 3. The molecular formula is C16H16F3NO. The van der Waals surface area contributed by atoms with Crippen LogP contribution in [0.5, 0.6) is 0 Å². The highest BCUT2D eigenvalue weighted by atomic mass is 19.2. The van der Waals surface area contributed by atoms with E-state index < -0.39 is 17.5 Å². The SMILES string of the molecule is C=C1C(C=O)=CC=CN1Cc1cc(F)c(F)c(F)c1.CC.